The molecule has 0 spiro atoms. The Balaban J connectivity index is 1.39. The van der Waals surface area contributed by atoms with Crippen molar-refractivity contribution in [1.29, 1.82) is 0 Å². The second-order valence-electron chi connectivity index (χ2n) is 4.51. The first-order valence-electron chi connectivity index (χ1n) is 6.08. The van der Waals surface area contributed by atoms with E-state index in [1.807, 2.05) is 23.5 Å². The number of ketones is 2. The van der Waals surface area contributed by atoms with Crippen LogP contribution in [0.25, 0.3) is 0 Å². The molecule has 2 saturated heterocycles. The van der Waals surface area contributed by atoms with Crippen LogP contribution >= 0.6 is 23.5 Å². The monoisotopic (exact) mass is 388 g/mol. The second-order valence-corrected chi connectivity index (χ2v) is 10.7. The van der Waals surface area contributed by atoms with E-state index in [0.717, 1.165) is 34.6 Å². The molecule has 2 unspecified atom stereocenters. The molecule has 0 aromatic carbocycles. The summed E-state index contributed by atoms with van der Waals surface area (Å²) in [6, 6.07) is 0. The fourth-order valence-electron chi connectivity index (χ4n) is 1.56. The summed E-state index contributed by atoms with van der Waals surface area (Å²) >= 11 is 3.72. The van der Waals surface area contributed by atoms with Gasteiger partial charge in [-0.1, -0.05) is 0 Å². The van der Waals surface area contributed by atoms with Gasteiger partial charge < -0.3 is 0 Å². The zero-order chi connectivity index (χ0) is 12.1. The molecule has 0 saturated carbocycles. The van der Waals surface area contributed by atoms with E-state index in [4.69, 9.17) is 0 Å². The molecule has 0 aromatic heterocycles. The first kappa shape index (κ1) is 14.2. The number of thioether (sulfide) groups is 2. The Hall–Kier alpha value is 0.830. The predicted molar refractivity (Wildman–Crippen MR) is 76.3 cm³/mol. The average molecular weight is 386 g/mol. The van der Waals surface area contributed by atoms with Crippen molar-refractivity contribution >= 4 is 56.0 Å². The molecule has 0 aliphatic carbocycles. The molecule has 0 N–H and O–H groups in total. The second kappa shape index (κ2) is 7.43. The summed E-state index contributed by atoms with van der Waals surface area (Å²) in [4.78, 5) is 23.0. The molecular formula is C12H18O2S2Te. The topological polar surface area (TPSA) is 34.1 Å². The van der Waals surface area contributed by atoms with Crippen LogP contribution in [0.1, 0.15) is 25.7 Å². The maximum atomic E-state index is 11.5. The molecule has 2 atom stereocenters. The van der Waals surface area contributed by atoms with Gasteiger partial charge in [-0.3, -0.25) is 0 Å². The third-order valence-corrected chi connectivity index (χ3v) is 7.52. The van der Waals surface area contributed by atoms with E-state index in [2.05, 4.69) is 0 Å². The Morgan fingerprint density at radius 1 is 0.941 bits per heavy atom. The molecule has 2 aliphatic heterocycles. The van der Waals surface area contributed by atoms with Gasteiger partial charge in [0.25, 0.3) is 0 Å². The third-order valence-electron chi connectivity index (χ3n) is 2.77. The molecule has 2 heterocycles. The number of carbonyl (C=O) groups is 2. The Morgan fingerprint density at radius 3 is 1.71 bits per heavy atom. The Kier molecular flexibility index (Phi) is 6.22. The van der Waals surface area contributed by atoms with E-state index in [1.54, 1.807) is 0 Å². The van der Waals surface area contributed by atoms with Crippen LogP contribution in [-0.4, -0.2) is 54.5 Å². The van der Waals surface area contributed by atoms with E-state index in [-0.39, 0.29) is 20.9 Å². The van der Waals surface area contributed by atoms with Gasteiger partial charge in [-0.15, -0.1) is 0 Å². The zero-order valence-electron chi connectivity index (χ0n) is 9.85. The van der Waals surface area contributed by atoms with Gasteiger partial charge >= 0.3 is 122 Å². The Bertz CT molecular complexity index is 260. The fourth-order valence-corrected chi connectivity index (χ4v) is 5.38. The van der Waals surface area contributed by atoms with Crippen LogP contribution in [0.4, 0.5) is 0 Å². The van der Waals surface area contributed by atoms with Gasteiger partial charge in [-0.2, -0.15) is 0 Å². The van der Waals surface area contributed by atoms with E-state index in [1.165, 1.54) is 11.5 Å². The number of rotatable bonds is 10. The van der Waals surface area contributed by atoms with Gasteiger partial charge in [-0.25, -0.2) is 0 Å². The molecule has 2 aliphatic rings. The maximum absolute atomic E-state index is 11.5. The molecule has 2 fully saturated rings. The van der Waals surface area contributed by atoms with Crippen molar-refractivity contribution in [3.05, 3.63) is 0 Å². The number of carbonyl (C=O) groups excluding carboxylic acids is 2. The van der Waals surface area contributed by atoms with Crippen LogP contribution in [0.5, 0.6) is 0 Å². The predicted octanol–water partition coefficient (Wildman–Crippen LogP) is 2.46. The van der Waals surface area contributed by atoms with E-state index in [0.29, 0.717) is 22.1 Å². The van der Waals surface area contributed by atoms with Gasteiger partial charge in [0.2, 0.25) is 0 Å². The first-order chi connectivity index (χ1) is 8.24. The van der Waals surface area contributed by atoms with Crippen molar-refractivity contribution in [3.8, 4) is 0 Å². The SMILES string of the molecule is O=C(CC[Te]CCC(=O)CC1CS1)CC1CS1. The van der Waals surface area contributed by atoms with Crippen LogP contribution in [-0.2, 0) is 9.59 Å². The normalized spacial score (nSPS) is 25.6. The molecule has 17 heavy (non-hydrogen) atoms. The van der Waals surface area contributed by atoms with Gasteiger partial charge in [0.15, 0.2) is 0 Å². The van der Waals surface area contributed by atoms with Crippen LogP contribution in [0.3, 0.4) is 0 Å². The van der Waals surface area contributed by atoms with Gasteiger partial charge in [0.05, 0.1) is 0 Å². The van der Waals surface area contributed by atoms with Crippen molar-refractivity contribution in [3.63, 3.8) is 0 Å². The van der Waals surface area contributed by atoms with Crippen LogP contribution in [0, 0.1) is 0 Å². The molecule has 5 heteroatoms. The minimum atomic E-state index is -0.0803. The number of hydrogen-bond donors (Lipinski definition) is 0. The van der Waals surface area contributed by atoms with Crippen molar-refractivity contribution in [2.45, 2.75) is 45.1 Å². The van der Waals surface area contributed by atoms with Gasteiger partial charge in [0, 0.05) is 0 Å². The van der Waals surface area contributed by atoms with Gasteiger partial charge in [-0.05, 0) is 0 Å². The van der Waals surface area contributed by atoms with Crippen LogP contribution in [0.2, 0.25) is 8.94 Å². The van der Waals surface area contributed by atoms with Crippen LogP contribution in [0.15, 0.2) is 0 Å². The Morgan fingerprint density at radius 2 is 1.35 bits per heavy atom. The molecule has 0 aromatic rings. The van der Waals surface area contributed by atoms with Crippen molar-refractivity contribution in [2.24, 2.45) is 0 Å². The van der Waals surface area contributed by atoms with E-state index >= 15 is 0 Å². The molecule has 0 bridgehead atoms. The molecule has 2 rings (SSSR count). The van der Waals surface area contributed by atoms with Crippen molar-refractivity contribution < 1.29 is 9.59 Å². The van der Waals surface area contributed by atoms with E-state index < -0.39 is 0 Å². The quantitative estimate of drug-likeness (QED) is 0.328. The number of hydrogen-bond acceptors (Lipinski definition) is 4. The molecule has 96 valence electrons. The summed E-state index contributed by atoms with van der Waals surface area (Å²) in [6.45, 7) is 0. The third kappa shape index (κ3) is 7.10. The molecule has 2 nitrogen and oxygen atoms in total. The van der Waals surface area contributed by atoms with Gasteiger partial charge in [0.1, 0.15) is 0 Å². The average Bonchev–Trinajstić information content (AvgIpc) is 3.13. The number of Topliss-reactive ketones (excluding diaryl/α,β-unsaturated/α-hetero) is 2. The molecular weight excluding hydrogens is 368 g/mol. The first-order valence-corrected chi connectivity index (χ1v) is 11.5. The summed E-state index contributed by atoms with van der Waals surface area (Å²) in [7, 11) is 0. The molecule has 0 radical (unpaired) electrons. The standard InChI is InChI=1S/C12H18O2S2Te/c13-9(5-11-7-15-11)1-3-17-4-2-10(14)6-12-8-16-12/h11-12H,1-8H2. The summed E-state index contributed by atoms with van der Waals surface area (Å²) in [5.74, 6) is 3.28. The van der Waals surface area contributed by atoms with E-state index in [9.17, 15) is 9.59 Å². The van der Waals surface area contributed by atoms with Crippen molar-refractivity contribution in [1.82, 2.24) is 0 Å². The van der Waals surface area contributed by atoms with Crippen molar-refractivity contribution in [2.75, 3.05) is 11.5 Å². The zero-order valence-corrected chi connectivity index (χ0v) is 13.8. The molecule has 0 amide bonds. The summed E-state index contributed by atoms with van der Waals surface area (Å²) in [5.41, 5.74) is 0. The summed E-state index contributed by atoms with van der Waals surface area (Å²) in [5, 5.41) is 1.31. The fraction of sp³-hybridized carbons (Fsp3) is 0.833. The minimum absolute atomic E-state index is 0.0803. The summed E-state index contributed by atoms with van der Waals surface area (Å²) in [6.07, 6.45) is 3.17. The van der Waals surface area contributed by atoms with Crippen LogP contribution < -0.4 is 0 Å². The summed E-state index contributed by atoms with van der Waals surface area (Å²) < 4.78 is 2.21. The Labute approximate surface area is 122 Å².